The number of carbonyl (C=O) groups excluding carboxylic acids is 1. The number of pyridine rings is 1. The predicted molar refractivity (Wildman–Crippen MR) is 118 cm³/mol. The maximum absolute atomic E-state index is 13.2. The molecule has 0 atom stereocenters. The van der Waals surface area contributed by atoms with Crippen LogP contribution in [-0.4, -0.2) is 51.9 Å². The third kappa shape index (κ3) is 3.68. The van der Waals surface area contributed by atoms with Crippen LogP contribution in [0.15, 0.2) is 58.8 Å². The second-order valence-electron chi connectivity index (χ2n) is 7.21. The molecular formula is C22H18FN5O2S. The fourth-order valence-corrected chi connectivity index (χ4v) is 4.57. The van der Waals surface area contributed by atoms with Gasteiger partial charge in [0, 0.05) is 43.4 Å². The summed E-state index contributed by atoms with van der Waals surface area (Å²) < 4.78 is 13.6. The Morgan fingerprint density at radius 2 is 1.84 bits per heavy atom. The van der Waals surface area contributed by atoms with E-state index in [-0.39, 0.29) is 17.3 Å². The molecule has 0 spiro atoms. The number of hydrogen-bond acceptors (Lipinski definition) is 6. The minimum absolute atomic E-state index is 0.143. The summed E-state index contributed by atoms with van der Waals surface area (Å²) in [6, 6.07) is 11.7. The first-order valence-electron chi connectivity index (χ1n) is 9.83. The predicted octanol–water partition coefficient (Wildman–Crippen LogP) is 3.15. The summed E-state index contributed by atoms with van der Waals surface area (Å²) in [6.07, 6.45) is 1.62. The molecule has 1 saturated heterocycles. The van der Waals surface area contributed by atoms with Crippen LogP contribution < -0.4 is 10.5 Å². The van der Waals surface area contributed by atoms with Crippen molar-refractivity contribution in [3.05, 3.63) is 75.8 Å². The lowest BCUT2D eigenvalue weighted by atomic mass is 10.2. The molecule has 0 unspecified atom stereocenters. The molecule has 0 radical (unpaired) electrons. The molecule has 156 valence electrons. The van der Waals surface area contributed by atoms with Gasteiger partial charge in [-0.25, -0.2) is 9.37 Å². The number of fused-ring (bicyclic) bond motifs is 1. The molecule has 1 aromatic carbocycles. The molecule has 0 aliphatic carbocycles. The Labute approximate surface area is 180 Å². The van der Waals surface area contributed by atoms with E-state index in [1.807, 2.05) is 6.07 Å². The normalized spacial score (nSPS) is 14.2. The molecule has 9 heteroatoms. The average Bonchev–Trinajstić information content (AvgIpc) is 3.24. The van der Waals surface area contributed by atoms with Gasteiger partial charge in [0.05, 0.1) is 5.56 Å². The summed E-state index contributed by atoms with van der Waals surface area (Å²) in [5.74, 6) is -0.0729. The molecule has 1 fully saturated rings. The van der Waals surface area contributed by atoms with Crippen molar-refractivity contribution in [3.8, 4) is 11.5 Å². The zero-order chi connectivity index (χ0) is 21.4. The summed E-state index contributed by atoms with van der Waals surface area (Å²) >= 11 is 1.22. The van der Waals surface area contributed by atoms with E-state index in [0.29, 0.717) is 53.5 Å². The molecule has 1 amide bonds. The van der Waals surface area contributed by atoms with Gasteiger partial charge in [-0.1, -0.05) is 6.07 Å². The van der Waals surface area contributed by atoms with Gasteiger partial charge in [-0.3, -0.25) is 14.6 Å². The van der Waals surface area contributed by atoms with Crippen LogP contribution in [0, 0.1) is 5.82 Å². The first-order chi connectivity index (χ1) is 15.1. The quantitative estimate of drug-likeness (QED) is 0.535. The van der Waals surface area contributed by atoms with Gasteiger partial charge >= 0.3 is 0 Å². The third-order valence-electron chi connectivity index (χ3n) is 5.32. The number of halogens is 1. The van der Waals surface area contributed by atoms with Crippen LogP contribution in [0.5, 0.6) is 0 Å². The highest BCUT2D eigenvalue weighted by Crippen LogP contribution is 2.25. The number of rotatable bonds is 3. The van der Waals surface area contributed by atoms with Gasteiger partial charge in [-0.05, 0) is 36.4 Å². The zero-order valence-electron chi connectivity index (χ0n) is 16.4. The molecule has 31 heavy (non-hydrogen) atoms. The number of nitrogens with one attached hydrogen (secondary N) is 1. The number of amides is 1. The molecule has 4 aromatic rings. The summed E-state index contributed by atoms with van der Waals surface area (Å²) in [4.78, 5) is 41.2. The van der Waals surface area contributed by atoms with E-state index in [1.165, 1.54) is 23.5 Å². The first kappa shape index (κ1) is 19.4. The number of anilines is 1. The second-order valence-corrected chi connectivity index (χ2v) is 8.09. The van der Waals surface area contributed by atoms with Crippen molar-refractivity contribution in [1.29, 1.82) is 0 Å². The first-order valence-corrected chi connectivity index (χ1v) is 10.7. The van der Waals surface area contributed by atoms with Gasteiger partial charge in [-0.15, -0.1) is 11.3 Å². The molecule has 0 bridgehead atoms. The average molecular weight is 435 g/mol. The fourth-order valence-electron chi connectivity index (χ4n) is 3.69. The molecule has 0 saturated carbocycles. The van der Waals surface area contributed by atoms with Crippen molar-refractivity contribution in [2.45, 2.75) is 0 Å². The largest absolute Gasteiger partial charge is 0.368 e. The SMILES string of the molecule is O=C(c1csc2c(=O)[nH]c(-c3ccccn3)nc12)N1CCN(c2ccc(F)cc2)CC1. The zero-order valence-corrected chi connectivity index (χ0v) is 17.2. The van der Waals surface area contributed by atoms with Crippen molar-refractivity contribution in [2.24, 2.45) is 0 Å². The Kier molecular flexibility index (Phi) is 4.95. The van der Waals surface area contributed by atoms with E-state index in [1.54, 1.807) is 40.7 Å². The topological polar surface area (TPSA) is 82.2 Å². The van der Waals surface area contributed by atoms with Crippen molar-refractivity contribution in [1.82, 2.24) is 19.9 Å². The number of nitrogens with zero attached hydrogens (tertiary/aromatic N) is 4. The van der Waals surface area contributed by atoms with Gasteiger partial charge < -0.3 is 14.8 Å². The minimum Gasteiger partial charge on any atom is -0.368 e. The summed E-state index contributed by atoms with van der Waals surface area (Å²) in [6.45, 7) is 2.35. The van der Waals surface area contributed by atoms with Crippen LogP contribution in [-0.2, 0) is 0 Å². The van der Waals surface area contributed by atoms with E-state index in [0.717, 1.165) is 5.69 Å². The van der Waals surface area contributed by atoms with Crippen LogP contribution >= 0.6 is 11.3 Å². The summed E-state index contributed by atoms with van der Waals surface area (Å²) in [5.41, 5.74) is 2.02. The fraction of sp³-hybridized carbons (Fsp3) is 0.182. The minimum atomic E-state index is -0.282. The van der Waals surface area contributed by atoms with E-state index in [4.69, 9.17) is 0 Å². The van der Waals surface area contributed by atoms with Crippen molar-refractivity contribution < 1.29 is 9.18 Å². The van der Waals surface area contributed by atoms with Crippen molar-refractivity contribution >= 4 is 33.1 Å². The number of benzene rings is 1. The summed E-state index contributed by atoms with van der Waals surface area (Å²) in [5, 5.41) is 1.70. The number of aromatic amines is 1. The van der Waals surface area contributed by atoms with Crippen LogP contribution in [0.2, 0.25) is 0 Å². The van der Waals surface area contributed by atoms with E-state index in [2.05, 4.69) is 19.9 Å². The standard InChI is InChI=1S/C22H18FN5O2S/c23-14-4-6-15(7-5-14)27-9-11-28(12-10-27)22(30)16-13-31-19-18(16)25-20(26-21(19)29)17-3-1-2-8-24-17/h1-8,13H,9-12H2,(H,25,26,29). The highest BCUT2D eigenvalue weighted by Gasteiger charge is 2.26. The Morgan fingerprint density at radius 1 is 1.06 bits per heavy atom. The smallest absolute Gasteiger partial charge is 0.269 e. The number of carbonyl (C=O) groups is 1. The van der Waals surface area contributed by atoms with E-state index in [9.17, 15) is 14.0 Å². The Hall–Kier alpha value is -3.59. The van der Waals surface area contributed by atoms with Crippen molar-refractivity contribution in [3.63, 3.8) is 0 Å². The van der Waals surface area contributed by atoms with Gasteiger partial charge in [0.1, 0.15) is 21.7 Å². The van der Waals surface area contributed by atoms with Crippen molar-refractivity contribution in [2.75, 3.05) is 31.1 Å². The second kappa shape index (κ2) is 7.92. The molecule has 4 heterocycles. The Bertz CT molecular complexity index is 1300. The van der Waals surface area contributed by atoms with E-state index < -0.39 is 0 Å². The lowest BCUT2D eigenvalue weighted by molar-refractivity contribution is 0.0749. The number of piperazine rings is 1. The van der Waals surface area contributed by atoms with Gasteiger partial charge in [0.25, 0.3) is 11.5 Å². The number of hydrogen-bond donors (Lipinski definition) is 1. The molecule has 1 aliphatic rings. The highest BCUT2D eigenvalue weighted by molar-refractivity contribution is 7.17. The maximum Gasteiger partial charge on any atom is 0.269 e. The molecular weight excluding hydrogens is 417 g/mol. The van der Waals surface area contributed by atoms with E-state index >= 15 is 0 Å². The number of H-pyrrole nitrogens is 1. The Balaban J connectivity index is 1.39. The van der Waals surface area contributed by atoms with Gasteiger partial charge in [-0.2, -0.15) is 0 Å². The molecule has 3 aromatic heterocycles. The molecule has 1 N–H and O–H groups in total. The summed E-state index contributed by atoms with van der Waals surface area (Å²) in [7, 11) is 0. The molecule has 1 aliphatic heterocycles. The van der Waals surface area contributed by atoms with Gasteiger partial charge in [0.15, 0.2) is 5.82 Å². The van der Waals surface area contributed by atoms with Crippen LogP contribution in [0.3, 0.4) is 0 Å². The van der Waals surface area contributed by atoms with Gasteiger partial charge in [0.2, 0.25) is 0 Å². The highest BCUT2D eigenvalue weighted by atomic mass is 32.1. The lowest BCUT2D eigenvalue weighted by Crippen LogP contribution is -2.48. The third-order valence-corrected chi connectivity index (χ3v) is 6.29. The maximum atomic E-state index is 13.2. The number of aromatic nitrogens is 3. The molecule has 7 nitrogen and oxygen atoms in total. The molecule has 5 rings (SSSR count). The number of thiophene rings is 1. The Morgan fingerprint density at radius 3 is 2.55 bits per heavy atom. The monoisotopic (exact) mass is 435 g/mol. The van der Waals surface area contributed by atoms with Crippen LogP contribution in [0.1, 0.15) is 10.4 Å². The lowest BCUT2D eigenvalue weighted by Gasteiger charge is -2.36. The van der Waals surface area contributed by atoms with Crippen LogP contribution in [0.25, 0.3) is 21.7 Å². The van der Waals surface area contributed by atoms with Crippen LogP contribution in [0.4, 0.5) is 10.1 Å².